The highest BCUT2D eigenvalue weighted by Gasteiger charge is 2.29. The van der Waals surface area contributed by atoms with Crippen molar-refractivity contribution in [3.63, 3.8) is 0 Å². The first-order chi connectivity index (χ1) is 15.6. The van der Waals surface area contributed by atoms with Crippen molar-refractivity contribution in [3.8, 4) is 11.4 Å². The summed E-state index contributed by atoms with van der Waals surface area (Å²) in [7, 11) is 5.83. The summed E-state index contributed by atoms with van der Waals surface area (Å²) < 4.78 is 1.71. The largest absolute Gasteiger partial charge is 0.363 e. The van der Waals surface area contributed by atoms with E-state index in [-0.39, 0.29) is 17.2 Å². The predicted octanol–water partition coefficient (Wildman–Crippen LogP) is 3.66. The van der Waals surface area contributed by atoms with E-state index in [1.165, 1.54) is 0 Å². The minimum absolute atomic E-state index is 0.0492. The van der Waals surface area contributed by atoms with Crippen LogP contribution in [0.25, 0.3) is 11.4 Å². The first kappa shape index (κ1) is 22.9. The number of likely N-dealkylation sites (tertiary alicyclic amines) is 1. The van der Waals surface area contributed by atoms with E-state index < -0.39 is 0 Å². The molecule has 0 spiro atoms. The molecule has 1 amide bonds. The Bertz CT molecular complexity index is 1120. The zero-order valence-electron chi connectivity index (χ0n) is 20.4. The van der Waals surface area contributed by atoms with Crippen LogP contribution in [0.2, 0.25) is 0 Å². The number of aryl methyl sites for hydroxylation is 1. The van der Waals surface area contributed by atoms with Crippen molar-refractivity contribution >= 4 is 11.7 Å². The van der Waals surface area contributed by atoms with Crippen LogP contribution in [0.3, 0.4) is 0 Å². The Hall–Kier alpha value is -3.29. The van der Waals surface area contributed by atoms with E-state index in [0.717, 1.165) is 35.6 Å². The zero-order chi connectivity index (χ0) is 23.8. The van der Waals surface area contributed by atoms with Gasteiger partial charge in [0.1, 0.15) is 11.5 Å². The summed E-state index contributed by atoms with van der Waals surface area (Å²) >= 11 is 0. The topological polar surface area (TPSA) is 80.0 Å². The Morgan fingerprint density at radius 3 is 2.30 bits per heavy atom. The molecule has 0 aliphatic carbocycles. The summed E-state index contributed by atoms with van der Waals surface area (Å²) in [5.74, 6) is 1.93. The molecular formula is C25H33N7O. The average molecular weight is 448 g/mol. The van der Waals surface area contributed by atoms with Crippen molar-refractivity contribution in [3.05, 3.63) is 53.7 Å². The second kappa shape index (κ2) is 8.92. The van der Waals surface area contributed by atoms with Gasteiger partial charge < -0.3 is 9.80 Å². The van der Waals surface area contributed by atoms with Crippen molar-refractivity contribution in [1.82, 2.24) is 29.6 Å². The summed E-state index contributed by atoms with van der Waals surface area (Å²) in [5.41, 5.74) is 3.48. The highest BCUT2D eigenvalue weighted by molar-refractivity contribution is 5.92. The van der Waals surface area contributed by atoms with Crippen LogP contribution >= 0.6 is 0 Å². The number of pyridine rings is 1. The summed E-state index contributed by atoms with van der Waals surface area (Å²) in [6.07, 6.45) is 5.26. The number of rotatable bonds is 4. The highest BCUT2D eigenvalue weighted by atomic mass is 16.2. The number of carbonyl (C=O) groups excluding carboxylic acids is 1. The zero-order valence-corrected chi connectivity index (χ0v) is 20.4. The molecule has 3 aromatic heterocycles. The molecule has 8 heteroatoms. The van der Waals surface area contributed by atoms with Crippen LogP contribution in [0.15, 0.2) is 36.7 Å². The summed E-state index contributed by atoms with van der Waals surface area (Å²) in [6, 6.07) is 7.87. The van der Waals surface area contributed by atoms with Crippen LogP contribution < -0.4 is 4.90 Å². The van der Waals surface area contributed by atoms with Crippen molar-refractivity contribution in [2.24, 2.45) is 7.05 Å². The molecule has 0 aromatic carbocycles. The minimum Gasteiger partial charge on any atom is -0.363 e. The first-order valence-corrected chi connectivity index (χ1v) is 11.4. The fourth-order valence-electron chi connectivity index (χ4n) is 4.10. The lowest BCUT2D eigenvalue weighted by Crippen LogP contribution is -2.39. The van der Waals surface area contributed by atoms with Crippen LogP contribution in [0.4, 0.5) is 5.82 Å². The lowest BCUT2D eigenvalue weighted by atomic mass is 9.91. The second-order valence-electron chi connectivity index (χ2n) is 9.96. The van der Waals surface area contributed by atoms with E-state index in [2.05, 4.69) is 36.9 Å². The number of hydrogen-bond acceptors (Lipinski definition) is 6. The van der Waals surface area contributed by atoms with Crippen molar-refractivity contribution in [2.45, 2.75) is 44.9 Å². The molecule has 1 saturated heterocycles. The van der Waals surface area contributed by atoms with Crippen LogP contribution in [0.5, 0.6) is 0 Å². The Morgan fingerprint density at radius 2 is 1.73 bits per heavy atom. The van der Waals surface area contributed by atoms with Gasteiger partial charge in [0.05, 0.1) is 5.69 Å². The van der Waals surface area contributed by atoms with E-state index in [1.54, 1.807) is 17.1 Å². The smallest absolute Gasteiger partial charge is 0.272 e. The molecule has 4 rings (SSSR count). The second-order valence-corrected chi connectivity index (χ2v) is 9.96. The molecule has 1 fully saturated rings. The summed E-state index contributed by atoms with van der Waals surface area (Å²) in [4.78, 5) is 30.9. The molecule has 0 unspecified atom stereocenters. The van der Waals surface area contributed by atoms with Gasteiger partial charge in [0.15, 0.2) is 5.82 Å². The molecule has 0 N–H and O–H groups in total. The molecule has 174 valence electrons. The van der Waals surface area contributed by atoms with Gasteiger partial charge in [-0.25, -0.2) is 9.97 Å². The molecule has 33 heavy (non-hydrogen) atoms. The van der Waals surface area contributed by atoms with Gasteiger partial charge in [-0.3, -0.25) is 14.5 Å². The maximum Gasteiger partial charge on any atom is 0.272 e. The Kier molecular flexibility index (Phi) is 6.19. The van der Waals surface area contributed by atoms with Crippen LogP contribution in [-0.4, -0.2) is 62.7 Å². The molecule has 8 nitrogen and oxygen atoms in total. The fraction of sp³-hybridized carbons (Fsp3) is 0.480. The predicted molar refractivity (Wildman–Crippen MR) is 129 cm³/mol. The van der Waals surface area contributed by atoms with E-state index in [1.807, 2.05) is 49.1 Å². The molecule has 3 aromatic rings. The van der Waals surface area contributed by atoms with E-state index in [0.29, 0.717) is 24.6 Å². The van der Waals surface area contributed by atoms with Crippen LogP contribution in [-0.2, 0) is 12.5 Å². The summed E-state index contributed by atoms with van der Waals surface area (Å²) in [6.45, 7) is 7.73. The Balaban J connectivity index is 1.52. The fourth-order valence-corrected chi connectivity index (χ4v) is 4.10. The number of anilines is 1. The Morgan fingerprint density at radius 1 is 1.06 bits per heavy atom. The lowest BCUT2D eigenvalue weighted by molar-refractivity contribution is 0.0701. The van der Waals surface area contributed by atoms with E-state index in [4.69, 9.17) is 9.97 Å². The number of piperidine rings is 1. The maximum absolute atomic E-state index is 13.2. The van der Waals surface area contributed by atoms with Crippen LogP contribution in [0.1, 0.15) is 61.4 Å². The molecule has 4 heterocycles. The lowest BCUT2D eigenvalue weighted by Gasteiger charge is -2.32. The third kappa shape index (κ3) is 4.89. The summed E-state index contributed by atoms with van der Waals surface area (Å²) in [5, 5.41) is 4.57. The molecule has 0 saturated carbocycles. The van der Waals surface area contributed by atoms with Gasteiger partial charge in [0, 0.05) is 75.3 Å². The third-order valence-electron chi connectivity index (χ3n) is 6.20. The average Bonchev–Trinajstić information content (AvgIpc) is 3.21. The minimum atomic E-state index is -0.0903. The van der Waals surface area contributed by atoms with E-state index in [9.17, 15) is 4.79 Å². The number of amides is 1. The quantitative estimate of drug-likeness (QED) is 0.607. The monoisotopic (exact) mass is 447 g/mol. The number of carbonyl (C=O) groups is 1. The van der Waals surface area contributed by atoms with Gasteiger partial charge in [-0.1, -0.05) is 20.8 Å². The standard InChI is InChI=1S/C25H33N7O/c1-25(2,3)21-16-20(31(6)29-21)24(33)32-13-9-17(10-14-32)19-15-22(30(4)5)28-23(27-19)18-7-11-26-12-8-18/h7-8,11-12,15-17H,9-10,13-14H2,1-6H3. The van der Waals surface area contributed by atoms with Crippen molar-refractivity contribution in [1.29, 1.82) is 0 Å². The molecule has 1 aliphatic heterocycles. The van der Waals surface area contributed by atoms with Gasteiger partial charge >= 0.3 is 0 Å². The van der Waals surface area contributed by atoms with Gasteiger partial charge in [0.25, 0.3) is 5.91 Å². The highest BCUT2D eigenvalue weighted by Crippen LogP contribution is 2.31. The molecule has 1 aliphatic rings. The first-order valence-electron chi connectivity index (χ1n) is 11.4. The normalized spacial score (nSPS) is 15.0. The van der Waals surface area contributed by atoms with E-state index >= 15 is 0 Å². The Labute approximate surface area is 195 Å². The van der Waals surface area contributed by atoms with Gasteiger partial charge in [-0.2, -0.15) is 5.10 Å². The van der Waals surface area contributed by atoms with Crippen molar-refractivity contribution < 1.29 is 4.79 Å². The number of hydrogen-bond donors (Lipinski definition) is 0. The van der Waals surface area contributed by atoms with Crippen molar-refractivity contribution in [2.75, 3.05) is 32.1 Å². The molecule has 0 atom stereocenters. The molecule has 0 radical (unpaired) electrons. The molecule has 0 bridgehead atoms. The van der Waals surface area contributed by atoms with Gasteiger partial charge in [-0.05, 0) is 31.0 Å². The van der Waals surface area contributed by atoms with Gasteiger partial charge in [-0.15, -0.1) is 0 Å². The van der Waals surface area contributed by atoms with Crippen LogP contribution in [0, 0.1) is 0 Å². The van der Waals surface area contributed by atoms with Gasteiger partial charge in [0.2, 0.25) is 0 Å². The number of aromatic nitrogens is 5. The third-order valence-corrected chi connectivity index (χ3v) is 6.20. The number of nitrogens with zero attached hydrogens (tertiary/aromatic N) is 7. The SMILES string of the molecule is CN(C)c1cc(C2CCN(C(=O)c3cc(C(C)(C)C)nn3C)CC2)nc(-c2ccncc2)n1. The molecular weight excluding hydrogens is 414 g/mol. The maximum atomic E-state index is 13.2.